The number of unbranched alkanes of at least 4 members (excludes halogenated alkanes) is 2. The summed E-state index contributed by atoms with van der Waals surface area (Å²) in [6.45, 7) is 0.875. The highest BCUT2D eigenvalue weighted by Crippen LogP contribution is 2.27. The van der Waals surface area contributed by atoms with E-state index < -0.39 is 6.10 Å². The second kappa shape index (κ2) is 10.7. The normalized spacial score (nSPS) is 17.6. The summed E-state index contributed by atoms with van der Waals surface area (Å²) >= 11 is 7.13. The first kappa shape index (κ1) is 21.0. The Bertz CT molecular complexity index is 877. The molecule has 1 fully saturated rings. The van der Waals surface area contributed by atoms with Crippen molar-refractivity contribution in [1.82, 2.24) is 4.90 Å². The Hall–Kier alpha value is -1.71. The molecule has 0 radical (unpaired) electrons. The summed E-state index contributed by atoms with van der Waals surface area (Å²) in [5.74, 6) is 6.31. The van der Waals surface area contributed by atoms with Crippen molar-refractivity contribution >= 4 is 38.6 Å². The Labute approximate surface area is 176 Å². The Kier molecular flexibility index (Phi) is 8.05. The Balaban J connectivity index is 1.44. The van der Waals surface area contributed by atoms with Crippen LogP contribution in [0.1, 0.15) is 37.7 Å². The van der Waals surface area contributed by atoms with Gasteiger partial charge in [-0.2, -0.15) is 0 Å². The maximum Gasteiger partial charge on any atom is 0.0816 e. The monoisotopic (exact) mass is 413 g/mol. The van der Waals surface area contributed by atoms with Crippen LogP contribution in [0.15, 0.2) is 41.8 Å². The second-order valence-electron chi connectivity index (χ2n) is 7.08. The molecule has 1 aromatic heterocycles. The molecule has 2 heterocycles. The van der Waals surface area contributed by atoms with Crippen molar-refractivity contribution in [3.8, 4) is 11.8 Å². The fraction of sp³-hybridized carbons (Fsp3) is 0.435. The van der Waals surface area contributed by atoms with E-state index in [2.05, 4.69) is 52.5 Å². The highest BCUT2D eigenvalue weighted by molar-refractivity contribution is 7.80. The molecular formula is C23H27NO2S2. The number of aliphatic hydroxyl groups excluding tert-OH is 2. The number of nitrogens with zero attached hydrogens (tertiary/aromatic N) is 1. The lowest BCUT2D eigenvalue weighted by atomic mass is 10.0. The lowest BCUT2D eigenvalue weighted by molar-refractivity contribution is 0.211. The third kappa shape index (κ3) is 5.65. The third-order valence-electron chi connectivity index (χ3n) is 5.01. The fourth-order valence-corrected chi connectivity index (χ4v) is 4.66. The Morgan fingerprint density at radius 2 is 2.14 bits per heavy atom. The van der Waals surface area contributed by atoms with Crippen molar-refractivity contribution in [2.45, 2.75) is 50.7 Å². The van der Waals surface area contributed by atoms with Gasteiger partial charge in [-0.3, -0.25) is 0 Å². The van der Waals surface area contributed by atoms with Crippen molar-refractivity contribution in [3.05, 3.63) is 47.4 Å². The Morgan fingerprint density at radius 1 is 1.29 bits per heavy atom. The molecule has 1 aliphatic rings. The molecule has 1 saturated heterocycles. The zero-order valence-electron chi connectivity index (χ0n) is 16.0. The summed E-state index contributed by atoms with van der Waals surface area (Å²) in [5, 5.41) is 22.6. The van der Waals surface area contributed by atoms with E-state index in [4.69, 9.17) is 17.3 Å². The van der Waals surface area contributed by atoms with E-state index in [1.54, 1.807) is 11.3 Å². The van der Waals surface area contributed by atoms with E-state index >= 15 is 0 Å². The van der Waals surface area contributed by atoms with Gasteiger partial charge in [-0.15, -0.1) is 17.3 Å². The quantitative estimate of drug-likeness (QED) is 0.278. The average molecular weight is 414 g/mol. The van der Waals surface area contributed by atoms with Crippen LogP contribution in [0, 0.1) is 11.8 Å². The van der Waals surface area contributed by atoms with Gasteiger partial charge in [0.15, 0.2) is 0 Å². The van der Waals surface area contributed by atoms with Crippen LogP contribution in [0.2, 0.25) is 0 Å². The summed E-state index contributed by atoms with van der Waals surface area (Å²) in [5.41, 5.74) is 1.32. The Morgan fingerprint density at radius 3 is 2.96 bits per heavy atom. The number of benzene rings is 1. The van der Waals surface area contributed by atoms with Crippen LogP contribution in [0.4, 0.5) is 0 Å². The SMILES string of the molecule is OCCCCC#CCN1C(=S)C[C@@H]1C=CC(O)CCc1csc2ccccc12. The number of hydrogen-bond acceptors (Lipinski definition) is 4. The average Bonchev–Trinajstić information content (AvgIpc) is 3.12. The number of thiophene rings is 1. The number of hydrogen-bond donors (Lipinski definition) is 2. The molecular weight excluding hydrogens is 386 g/mol. The van der Waals surface area contributed by atoms with E-state index in [1.165, 1.54) is 15.6 Å². The van der Waals surface area contributed by atoms with Gasteiger partial charge in [-0.1, -0.05) is 48.5 Å². The highest BCUT2D eigenvalue weighted by Gasteiger charge is 2.29. The standard InChI is InChI=1S/C23H27NO2S2/c25-15-7-3-1-2-6-14-24-19(16-23(24)27)11-13-20(26)12-10-18-17-28-22-9-5-4-8-21(18)22/h4-5,8-9,11,13,17,19-20,25-26H,1,3,7,10,12,14-16H2/t19-,20?/m0/s1. The van der Waals surface area contributed by atoms with E-state index in [0.717, 1.165) is 43.5 Å². The van der Waals surface area contributed by atoms with E-state index in [9.17, 15) is 5.11 Å². The first-order valence-electron chi connectivity index (χ1n) is 9.86. The van der Waals surface area contributed by atoms with Gasteiger partial charge in [0.2, 0.25) is 0 Å². The van der Waals surface area contributed by atoms with Gasteiger partial charge in [-0.25, -0.2) is 0 Å². The van der Waals surface area contributed by atoms with Crippen LogP contribution in [-0.4, -0.2) is 45.4 Å². The molecule has 3 nitrogen and oxygen atoms in total. The first-order chi connectivity index (χ1) is 13.7. The highest BCUT2D eigenvalue weighted by atomic mass is 32.1. The smallest absolute Gasteiger partial charge is 0.0816 e. The molecule has 148 valence electrons. The predicted octanol–water partition coefficient (Wildman–Crippen LogP) is 4.32. The van der Waals surface area contributed by atoms with Gasteiger partial charge < -0.3 is 15.1 Å². The topological polar surface area (TPSA) is 43.7 Å². The van der Waals surface area contributed by atoms with Gasteiger partial charge >= 0.3 is 0 Å². The number of likely N-dealkylation sites (tertiary alicyclic amines) is 1. The minimum absolute atomic E-state index is 0.232. The first-order valence-corrected chi connectivity index (χ1v) is 11.2. The second-order valence-corrected chi connectivity index (χ2v) is 8.46. The molecule has 1 aromatic carbocycles. The minimum atomic E-state index is -0.445. The molecule has 1 unspecified atom stereocenters. The number of aryl methyl sites for hydroxylation is 1. The molecule has 3 rings (SSSR count). The van der Waals surface area contributed by atoms with Gasteiger partial charge in [0.05, 0.1) is 23.7 Å². The molecule has 1 aliphatic heterocycles. The van der Waals surface area contributed by atoms with Crippen LogP contribution in [0.25, 0.3) is 10.1 Å². The third-order valence-corrected chi connectivity index (χ3v) is 6.43. The largest absolute Gasteiger partial charge is 0.396 e. The van der Waals surface area contributed by atoms with E-state index in [1.807, 2.05) is 6.08 Å². The van der Waals surface area contributed by atoms with Crippen molar-refractivity contribution in [2.75, 3.05) is 13.2 Å². The van der Waals surface area contributed by atoms with E-state index in [-0.39, 0.29) is 12.6 Å². The van der Waals surface area contributed by atoms with Gasteiger partial charge in [0.25, 0.3) is 0 Å². The molecule has 0 aliphatic carbocycles. The van der Waals surface area contributed by atoms with Crippen LogP contribution in [-0.2, 0) is 6.42 Å². The molecule has 0 amide bonds. The molecule has 28 heavy (non-hydrogen) atoms. The van der Waals surface area contributed by atoms with E-state index in [0.29, 0.717) is 6.54 Å². The van der Waals surface area contributed by atoms with Crippen molar-refractivity contribution < 1.29 is 10.2 Å². The number of aliphatic hydroxyl groups is 2. The maximum absolute atomic E-state index is 10.4. The number of fused-ring (bicyclic) bond motifs is 1. The van der Waals surface area contributed by atoms with Gasteiger partial charge in [0.1, 0.15) is 0 Å². The molecule has 2 atom stereocenters. The predicted molar refractivity (Wildman–Crippen MR) is 122 cm³/mol. The van der Waals surface area contributed by atoms with Crippen molar-refractivity contribution in [2.24, 2.45) is 0 Å². The van der Waals surface area contributed by atoms with Gasteiger partial charge in [-0.05, 0) is 48.1 Å². The molecule has 2 aromatic rings. The van der Waals surface area contributed by atoms with Crippen molar-refractivity contribution in [3.63, 3.8) is 0 Å². The minimum Gasteiger partial charge on any atom is -0.396 e. The van der Waals surface area contributed by atoms with Crippen LogP contribution >= 0.6 is 23.6 Å². The molecule has 5 heteroatoms. The van der Waals surface area contributed by atoms with Crippen LogP contribution in [0.5, 0.6) is 0 Å². The summed E-state index contributed by atoms with van der Waals surface area (Å²) in [7, 11) is 0. The van der Waals surface area contributed by atoms with Crippen LogP contribution in [0.3, 0.4) is 0 Å². The zero-order valence-corrected chi connectivity index (χ0v) is 17.6. The summed E-state index contributed by atoms with van der Waals surface area (Å²) in [4.78, 5) is 3.06. The summed E-state index contributed by atoms with van der Waals surface area (Å²) in [6, 6.07) is 8.67. The number of rotatable bonds is 9. The lowest BCUT2D eigenvalue weighted by Gasteiger charge is -2.40. The maximum atomic E-state index is 10.4. The van der Waals surface area contributed by atoms with Gasteiger partial charge in [0, 0.05) is 24.1 Å². The lowest BCUT2D eigenvalue weighted by Crippen LogP contribution is -2.50. The fourth-order valence-electron chi connectivity index (χ4n) is 3.29. The summed E-state index contributed by atoms with van der Waals surface area (Å²) < 4.78 is 1.30. The zero-order chi connectivity index (χ0) is 19.8. The van der Waals surface area contributed by atoms with Crippen LogP contribution < -0.4 is 0 Å². The molecule has 0 saturated carbocycles. The molecule has 0 spiro atoms. The van der Waals surface area contributed by atoms with Crippen molar-refractivity contribution in [1.29, 1.82) is 0 Å². The number of thiocarbonyl (C=S) groups is 1. The molecule has 2 N–H and O–H groups in total. The summed E-state index contributed by atoms with van der Waals surface area (Å²) in [6.07, 6.45) is 8.55. The molecule has 0 bridgehead atoms.